The van der Waals surface area contributed by atoms with E-state index in [4.69, 9.17) is 0 Å². The number of hydrogen-bond acceptors (Lipinski definition) is 1. The van der Waals surface area contributed by atoms with Crippen molar-refractivity contribution in [2.45, 2.75) is 39.0 Å². The number of rotatable bonds is 3. The highest BCUT2D eigenvalue weighted by molar-refractivity contribution is 5.59. The Kier molecular flexibility index (Phi) is 6.17. The molecule has 1 saturated carbocycles. The lowest BCUT2D eigenvalue weighted by Gasteiger charge is -2.24. The van der Waals surface area contributed by atoms with Crippen LogP contribution in [0.4, 0.5) is 8.78 Å². The molecule has 1 nitrogen and oxygen atoms in total. The van der Waals surface area contributed by atoms with Gasteiger partial charge in [0.15, 0.2) is 11.6 Å². The number of nitrogens with zero attached hydrogens (tertiary/aromatic N) is 1. The maximum atomic E-state index is 13.3. The fraction of sp³-hybridized carbons (Fsp3) is 0.348. The van der Waals surface area contributed by atoms with Gasteiger partial charge >= 0.3 is 0 Å². The average molecular weight is 351 g/mol. The van der Waals surface area contributed by atoms with Gasteiger partial charge in [-0.05, 0) is 75.3 Å². The Morgan fingerprint density at radius 1 is 1.08 bits per heavy atom. The Morgan fingerprint density at radius 2 is 1.88 bits per heavy atom. The lowest BCUT2D eigenvalue weighted by molar-refractivity contribution is 0.319. The van der Waals surface area contributed by atoms with Crippen molar-refractivity contribution in [2.75, 3.05) is 0 Å². The second kappa shape index (κ2) is 8.76. The third kappa shape index (κ3) is 4.79. The van der Waals surface area contributed by atoms with Gasteiger partial charge in [0.05, 0.1) is 5.69 Å². The van der Waals surface area contributed by atoms with Crippen LogP contribution in [-0.2, 0) is 0 Å². The molecular formula is C23H23F2N. The minimum atomic E-state index is -0.863. The van der Waals surface area contributed by atoms with E-state index in [1.165, 1.54) is 25.3 Å². The zero-order valence-electron chi connectivity index (χ0n) is 15.0. The normalized spacial score (nSPS) is 20.0. The molecule has 0 amide bonds. The summed E-state index contributed by atoms with van der Waals surface area (Å²) in [6, 6.07) is 7.49. The quantitative estimate of drug-likeness (QED) is 0.477. The first-order valence-corrected chi connectivity index (χ1v) is 9.20. The van der Waals surface area contributed by atoms with Crippen LogP contribution in [0.15, 0.2) is 48.7 Å². The van der Waals surface area contributed by atoms with Gasteiger partial charge in [0.2, 0.25) is 0 Å². The smallest absolute Gasteiger partial charge is 0.159 e. The monoisotopic (exact) mass is 351 g/mol. The topological polar surface area (TPSA) is 12.9 Å². The highest BCUT2D eigenvalue weighted by atomic mass is 19.2. The lowest BCUT2D eigenvalue weighted by atomic mass is 9.81. The van der Waals surface area contributed by atoms with Gasteiger partial charge < -0.3 is 0 Å². The number of hydrogen-bond donors (Lipinski definition) is 0. The zero-order valence-corrected chi connectivity index (χ0v) is 15.0. The molecule has 1 aromatic heterocycles. The molecule has 3 heteroatoms. The maximum Gasteiger partial charge on any atom is 0.159 e. The van der Waals surface area contributed by atoms with Gasteiger partial charge in [-0.1, -0.05) is 24.0 Å². The second-order valence-electron chi connectivity index (χ2n) is 6.85. The molecule has 1 fully saturated rings. The second-order valence-corrected chi connectivity index (χ2v) is 6.85. The van der Waals surface area contributed by atoms with Gasteiger partial charge in [-0.3, -0.25) is 4.98 Å². The summed E-state index contributed by atoms with van der Waals surface area (Å²) < 4.78 is 26.4. The van der Waals surface area contributed by atoms with E-state index < -0.39 is 11.6 Å². The summed E-state index contributed by atoms with van der Waals surface area (Å²) in [5, 5.41) is 0. The summed E-state index contributed by atoms with van der Waals surface area (Å²) in [6.07, 6.45) is 12.1. The summed E-state index contributed by atoms with van der Waals surface area (Å²) in [4.78, 5) is 4.33. The summed E-state index contributed by atoms with van der Waals surface area (Å²) in [5.74, 6) is 6.14. The highest BCUT2D eigenvalue weighted by Gasteiger charge is 2.18. The molecule has 1 aliphatic carbocycles. The molecule has 0 unspecified atom stereocenters. The van der Waals surface area contributed by atoms with E-state index in [1.54, 1.807) is 12.3 Å². The number of pyridine rings is 1. The minimum absolute atomic E-state index is 0.461. The van der Waals surface area contributed by atoms with E-state index in [9.17, 15) is 8.78 Å². The molecule has 0 spiro atoms. The van der Waals surface area contributed by atoms with Crippen LogP contribution in [0.1, 0.15) is 44.6 Å². The fourth-order valence-corrected chi connectivity index (χ4v) is 3.35. The van der Waals surface area contributed by atoms with Crippen molar-refractivity contribution in [3.8, 4) is 23.1 Å². The van der Waals surface area contributed by atoms with Crippen molar-refractivity contribution in [3.63, 3.8) is 0 Å². The molecule has 3 rings (SSSR count). The predicted molar refractivity (Wildman–Crippen MR) is 101 cm³/mol. The molecule has 0 saturated heterocycles. The number of halogens is 2. The van der Waals surface area contributed by atoms with Crippen molar-refractivity contribution in [3.05, 3.63) is 65.9 Å². The standard InChI is InChI=1S/C23H23F2N/c1-2-3-4-17-5-7-18(8-6-17)9-10-19-11-14-23(26-16-19)20-12-13-21(24)22(25)15-20/h2-3,11-18H,4-8H2,1H3/b3-2+. The molecule has 0 bridgehead atoms. The minimum Gasteiger partial charge on any atom is -0.255 e. The Bertz CT molecular complexity index is 820. The molecule has 134 valence electrons. The van der Waals surface area contributed by atoms with E-state index in [0.29, 0.717) is 17.2 Å². The van der Waals surface area contributed by atoms with Crippen LogP contribution in [0, 0.1) is 35.3 Å². The first-order valence-electron chi connectivity index (χ1n) is 9.20. The first-order chi connectivity index (χ1) is 12.7. The number of aromatic nitrogens is 1. The van der Waals surface area contributed by atoms with Crippen molar-refractivity contribution in [1.82, 2.24) is 4.98 Å². The predicted octanol–water partition coefficient (Wildman–Crippen LogP) is 6.15. The Labute approximate surface area is 154 Å². The molecule has 0 atom stereocenters. The molecule has 0 N–H and O–H groups in total. The molecule has 1 aromatic carbocycles. The van der Waals surface area contributed by atoms with Crippen LogP contribution in [0.3, 0.4) is 0 Å². The molecule has 0 aliphatic heterocycles. The number of benzene rings is 1. The maximum absolute atomic E-state index is 13.3. The van der Waals surface area contributed by atoms with Gasteiger partial charge in [0.1, 0.15) is 0 Å². The van der Waals surface area contributed by atoms with E-state index in [2.05, 4.69) is 35.9 Å². The molecule has 1 aliphatic rings. The van der Waals surface area contributed by atoms with Crippen LogP contribution >= 0.6 is 0 Å². The highest BCUT2D eigenvalue weighted by Crippen LogP contribution is 2.30. The molecular weight excluding hydrogens is 328 g/mol. The van der Waals surface area contributed by atoms with E-state index >= 15 is 0 Å². The van der Waals surface area contributed by atoms with Gasteiger partial charge in [0.25, 0.3) is 0 Å². The summed E-state index contributed by atoms with van der Waals surface area (Å²) in [6.45, 7) is 2.07. The Hall–Kier alpha value is -2.47. The summed E-state index contributed by atoms with van der Waals surface area (Å²) in [7, 11) is 0. The van der Waals surface area contributed by atoms with Gasteiger partial charge in [0, 0.05) is 23.2 Å². The van der Waals surface area contributed by atoms with Crippen molar-refractivity contribution >= 4 is 0 Å². The van der Waals surface area contributed by atoms with Crippen molar-refractivity contribution < 1.29 is 8.78 Å². The summed E-state index contributed by atoms with van der Waals surface area (Å²) >= 11 is 0. The van der Waals surface area contributed by atoms with Crippen LogP contribution < -0.4 is 0 Å². The molecule has 0 radical (unpaired) electrons. The third-order valence-corrected chi connectivity index (χ3v) is 4.95. The Balaban J connectivity index is 1.60. The lowest BCUT2D eigenvalue weighted by Crippen LogP contribution is -2.12. The molecule has 26 heavy (non-hydrogen) atoms. The van der Waals surface area contributed by atoms with E-state index in [0.717, 1.165) is 36.5 Å². The number of allylic oxidation sites excluding steroid dienone is 2. The average Bonchev–Trinajstić information content (AvgIpc) is 2.68. The van der Waals surface area contributed by atoms with E-state index in [-0.39, 0.29) is 0 Å². The van der Waals surface area contributed by atoms with Gasteiger partial charge in [-0.25, -0.2) is 8.78 Å². The SMILES string of the molecule is C/C=C/CC1CCC(C#Cc2ccc(-c3ccc(F)c(F)c3)nc2)CC1. The fourth-order valence-electron chi connectivity index (χ4n) is 3.35. The zero-order chi connectivity index (χ0) is 18.4. The summed E-state index contributed by atoms with van der Waals surface area (Å²) in [5.41, 5.74) is 2.02. The van der Waals surface area contributed by atoms with Crippen molar-refractivity contribution in [1.29, 1.82) is 0 Å². The van der Waals surface area contributed by atoms with Crippen molar-refractivity contribution in [2.24, 2.45) is 11.8 Å². The van der Waals surface area contributed by atoms with Crippen LogP contribution in [0.25, 0.3) is 11.3 Å². The van der Waals surface area contributed by atoms with Crippen LogP contribution in [0.2, 0.25) is 0 Å². The van der Waals surface area contributed by atoms with Gasteiger partial charge in [-0.15, -0.1) is 0 Å². The van der Waals surface area contributed by atoms with E-state index in [1.807, 2.05) is 6.07 Å². The largest absolute Gasteiger partial charge is 0.255 e. The third-order valence-electron chi connectivity index (χ3n) is 4.95. The first kappa shape index (κ1) is 18.3. The molecule has 1 heterocycles. The Morgan fingerprint density at radius 3 is 2.54 bits per heavy atom. The molecule has 2 aromatic rings. The van der Waals surface area contributed by atoms with Gasteiger partial charge in [-0.2, -0.15) is 0 Å². The van der Waals surface area contributed by atoms with Crippen LogP contribution in [-0.4, -0.2) is 4.98 Å². The van der Waals surface area contributed by atoms with Crippen LogP contribution in [0.5, 0.6) is 0 Å².